The first kappa shape index (κ1) is 15.5. The predicted octanol–water partition coefficient (Wildman–Crippen LogP) is 2.41. The van der Waals surface area contributed by atoms with Crippen molar-refractivity contribution in [2.45, 2.75) is 26.3 Å². The lowest BCUT2D eigenvalue weighted by Crippen LogP contribution is -2.39. The maximum absolute atomic E-state index is 11.9. The van der Waals surface area contributed by atoms with Crippen LogP contribution in [0.3, 0.4) is 0 Å². The maximum atomic E-state index is 11.9. The molecule has 0 aliphatic carbocycles. The van der Waals surface area contributed by atoms with Gasteiger partial charge in [0.25, 0.3) is 0 Å². The normalized spacial score (nSPS) is 15.3. The molecule has 102 valence electrons. The van der Waals surface area contributed by atoms with Crippen molar-refractivity contribution in [3.63, 3.8) is 0 Å². The van der Waals surface area contributed by atoms with Crippen molar-refractivity contribution in [2.75, 3.05) is 11.6 Å². The summed E-state index contributed by atoms with van der Waals surface area (Å²) in [6, 6.07) is 9.46. The molecule has 2 unspecified atom stereocenters. The summed E-state index contributed by atoms with van der Waals surface area (Å²) >= 11 is 5.71. The average molecular weight is 290 g/mol. The van der Waals surface area contributed by atoms with Crippen LogP contribution in [0.5, 0.6) is 0 Å². The number of alkyl halides is 1. The Balaban J connectivity index is 2.50. The SMILES string of the molecule is CC(CCl)C(C)NS(=O)(=O)CCc1ccccc1. The Bertz CT molecular complexity index is 447. The van der Waals surface area contributed by atoms with Gasteiger partial charge in [0.2, 0.25) is 10.0 Å². The molecule has 1 aromatic rings. The van der Waals surface area contributed by atoms with Crippen LogP contribution in [0, 0.1) is 5.92 Å². The summed E-state index contributed by atoms with van der Waals surface area (Å²) < 4.78 is 26.4. The highest BCUT2D eigenvalue weighted by Crippen LogP contribution is 2.07. The Labute approximate surface area is 115 Å². The molecule has 0 bridgehead atoms. The molecule has 0 saturated carbocycles. The van der Waals surface area contributed by atoms with Crippen molar-refractivity contribution in [3.05, 3.63) is 35.9 Å². The molecular formula is C13H20ClNO2S. The lowest BCUT2D eigenvalue weighted by Gasteiger charge is -2.19. The van der Waals surface area contributed by atoms with Gasteiger partial charge in [0.05, 0.1) is 5.75 Å². The van der Waals surface area contributed by atoms with Gasteiger partial charge in [-0.15, -0.1) is 11.6 Å². The second-order valence-electron chi connectivity index (χ2n) is 4.59. The average Bonchev–Trinajstić information content (AvgIpc) is 2.36. The van der Waals surface area contributed by atoms with E-state index >= 15 is 0 Å². The van der Waals surface area contributed by atoms with E-state index in [2.05, 4.69) is 4.72 Å². The Morgan fingerprint density at radius 3 is 2.39 bits per heavy atom. The van der Waals surface area contributed by atoms with Gasteiger partial charge in [-0.05, 0) is 24.8 Å². The molecule has 1 rings (SSSR count). The van der Waals surface area contributed by atoms with E-state index in [-0.39, 0.29) is 17.7 Å². The van der Waals surface area contributed by atoms with Gasteiger partial charge in [0.15, 0.2) is 0 Å². The van der Waals surface area contributed by atoms with Crippen LogP contribution in [0.25, 0.3) is 0 Å². The van der Waals surface area contributed by atoms with Crippen LogP contribution in [0.4, 0.5) is 0 Å². The minimum absolute atomic E-state index is 0.107. The van der Waals surface area contributed by atoms with Crippen molar-refractivity contribution in [2.24, 2.45) is 5.92 Å². The van der Waals surface area contributed by atoms with Gasteiger partial charge in [0.1, 0.15) is 0 Å². The summed E-state index contributed by atoms with van der Waals surface area (Å²) in [5.41, 5.74) is 1.03. The van der Waals surface area contributed by atoms with Crippen LogP contribution >= 0.6 is 11.6 Å². The number of rotatable bonds is 7. The van der Waals surface area contributed by atoms with Crippen LogP contribution in [0.1, 0.15) is 19.4 Å². The highest BCUT2D eigenvalue weighted by Gasteiger charge is 2.18. The standard InChI is InChI=1S/C13H20ClNO2S/c1-11(10-14)12(2)15-18(16,17)9-8-13-6-4-3-5-7-13/h3-7,11-12,15H,8-10H2,1-2H3. The molecule has 0 aliphatic heterocycles. The third-order valence-electron chi connectivity index (χ3n) is 2.96. The topological polar surface area (TPSA) is 46.2 Å². The monoisotopic (exact) mass is 289 g/mol. The number of benzene rings is 1. The first-order valence-electron chi connectivity index (χ1n) is 6.04. The fourth-order valence-corrected chi connectivity index (χ4v) is 3.18. The van der Waals surface area contributed by atoms with E-state index in [0.717, 1.165) is 5.56 Å². The molecule has 5 heteroatoms. The largest absolute Gasteiger partial charge is 0.212 e. The molecule has 0 fully saturated rings. The number of hydrogen-bond donors (Lipinski definition) is 1. The summed E-state index contributed by atoms with van der Waals surface area (Å²) in [4.78, 5) is 0. The van der Waals surface area contributed by atoms with E-state index in [1.807, 2.05) is 44.2 Å². The molecule has 0 heterocycles. The van der Waals surface area contributed by atoms with Gasteiger partial charge >= 0.3 is 0 Å². The van der Waals surface area contributed by atoms with E-state index in [4.69, 9.17) is 11.6 Å². The van der Waals surface area contributed by atoms with E-state index in [1.165, 1.54) is 0 Å². The predicted molar refractivity (Wildman–Crippen MR) is 76.4 cm³/mol. The number of sulfonamides is 1. The van der Waals surface area contributed by atoms with Crippen LogP contribution in [0.2, 0.25) is 0 Å². The summed E-state index contributed by atoms with van der Waals surface area (Å²) in [5, 5.41) is 0. The van der Waals surface area contributed by atoms with Crippen molar-refractivity contribution in [1.82, 2.24) is 4.72 Å². The smallest absolute Gasteiger partial charge is 0.212 e. The fourth-order valence-electron chi connectivity index (χ4n) is 1.49. The highest BCUT2D eigenvalue weighted by atomic mass is 35.5. The Kier molecular flexibility index (Phi) is 6.12. The van der Waals surface area contributed by atoms with Crippen molar-refractivity contribution < 1.29 is 8.42 Å². The Morgan fingerprint density at radius 2 is 1.83 bits per heavy atom. The molecule has 3 nitrogen and oxygen atoms in total. The van der Waals surface area contributed by atoms with Crippen molar-refractivity contribution >= 4 is 21.6 Å². The van der Waals surface area contributed by atoms with Gasteiger partial charge in [0, 0.05) is 11.9 Å². The van der Waals surface area contributed by atoms with Crippen LogP contribution < -0.4 is 4.72 Å². The van der Waals surface area contributed by atoms with Crippen molar-refractivity contribution in [3.8, 4) is 0 Å². The second-order valence-corrected chi connectivity index (χ2v) is 6.77. The molecule has 0 aromatic heterocycles. The molecule has 1 aromatic carbocycles. The van der Waals surface area contributed by atoms with Crippen molar-refractivity contribution in [1.29, 1.82) is 0 Å². The Hall–Kier alpha value is -0.580. The summed E-state index contributed by atoms with van der Waals surface area (Å²) in [5.74, 6) is 0.678. The molecule has 2 atom stereocenters. The van der Waals surface area contributed by atoms with Crippen LogP contribution in [-0.4, -0.2) is 26.1 Å². The van der Waals surface area contributed by atoms with Crippen LogP contribution in [0.15, 0.2) is 30.3 Å². The van der Waals surface area contributed by atoms with Gasteiger partial charge < -0.3 is 0 Å². The number of hydrogen-bond acceptors (Lipinski definition) is 2. The third kappa shape index (κ3) is 5.38. The first-order chi connectivity index (χ1) is 8.44. The zero-order chi connectivity index (χ0) is 13.6. The quantitative estimate of drug-likeness (QED) is 0.784. The summed E-state index contributed by atoms with van der Waals surface area (Å²) in [6.07, 6.45) is 0.526. The summed E-state index contributed by atoms with van der Waals surface area (Å²) in [6.45, 7) is 3.77. The molecule has 1 N–H and O–H groups in total. The molecule has 18 heavy (non-hydrogen) atoms. The van der Waals surface area contributed by atoms with E-state index < -0.39 is 10.0 Å². The highest BCUT2D eigenvalue weighted by molar-refractivity contribution is 7.89. The minimum Gasteiger partial charge on any atom is -0.212 e. The van der Waals surface area contributed by atoms with E-state index in [9.17, 15) is 8.42 Å². The van der Waals surface area contributed by atoms with Gasteiger partial charge in [-0.1, -0.05) is 37.3 Å². The third-order valence-corrected chi connectivity index (χ3v) is 4.92. The van der Waals surface area contributed by atoms with Gasteiger partial charge in [-0.2, -0.15) is 0 Å². The minimum atomic E-state index is -3.24. The fraction of sp³-hybridized carbons (Fsp3) is 0.538. The second kappa shape index (κ2) is 7.12. The van der Waals surface area contributed by atoms with Gasteiger partial charge in [-0.3, -0.25) is 0 Å². The van der Waals surface area contributed by atoms with Crippen LogP contribution in [-0.2, 0) is 16.4 Å². The van der Waals surface area contributed by atoms with E-state index in [1.54, 1.807) is 0 Å². The lowest BCUT2D eigenvalue weighted by molar-refractivity contribution is 0.480. The Morgan fingerprint density at radius 1 is 1.22 bits per heavy atom. The number of aryl methyl sites for hydroxylation is 1. The number of nitrogens with one attached hydrogen (secondary N) is 1. The maximum Gasteiger partial charge on any atom is 0.212 e. The van der Waals surface area contributed by atoms with E-state index in [0.29, 0.717) is 12.3 Å². The zero-order valence-electron chi connectivity index (χ0n) is 10.8. The molecule has 0 radical (unpaired) electrons. The molecule has 0 aliphatic rings. The molecule has 0 saturated heterocycles. The molecular weight excluding hydrogens is 270 g/mol. The molecule has 0 spiro atoms. The summed E-state index contributed by atoms with van der Waals surface area (Å²) in [7, 11) is -3.24. The number of halogens is 1. The lowest BCUT2D eigenvalue weighted by atomic mass is 10.1. The molecule has 0 amide bonds. The van der Waals surface area contributed by atoms with Gasteiger partial charge in [-0.25, -0.2) is 13.1 Å². The first-order valence-corrected chi connectivity index (χ1v) is 8.23. The zero-order valence-corrected chi connectivity index (χ0v) is 12.3.